The van der Waals surface area contributed by atoms with Crippen LogP contribution in [0.5, 0.6) is 0 Å². The lowest BCUT2D eigenvalue weighted by Crippen LogP contribution is -2.15. The van der Waals surface area contributed by atoms with Crippen molar-refractivity contribution in [1.82, 2.24) is 0 Å². The van der Waals surface area contributed by atoms with Gasteiger partial charge in [0.05, 0.1) is 5.69 Å². The van der Waals surface area contributed by atoms with Crippen LogP contribution in [0.2, 0.25) is 5.02 Å². The molecule has 0 saturated heterocycles. The summed E-state index contributed by atoms with van der Waals surface area (Å²) in [5, 5.41) is 13.3. The van der Waals surface area contributed by atoms with E-state index in [1.165, 1.54) is 0 Å². The number of hydrogen-bond acceptors (Lipinski definition) is 4. The predicted octanol–water partition coefficient (Wildman–Crippen LogP) is 2.92. The van der Waals surface area contributed by atoms with Crippen LogP contribution >= 0.6 is 11.6 Å². The minimum Gasteiger partial charge on any atom is -0.291 e. The fraction of sp³-hybridized carbons (Fsp3) is 0.308. The number of Topliss-reactive ketones (excluding diaryl/α,β-unsaturated/α-hetero) is 1. The zero-order valence-electron chi connectivity index (χ0n) is 9.90. The molecule has 0 bridgehead atoms. The number of nitriles is 1. The lowest BCUT2D eigenvalue weighted by Gasteiger charge is -2.03. The summed E-state index contributed by atoms with van der Waals surface area (Å²) in [5.74, 6) is -0.185. The van der Waals surface area contributed by atoms with E-state index in [1.807, 2.05) is 19.1 Å². The van der Waals surface area contributed by atoms with Gasteiger partial charge in [0.1, 0.15) is 6.07 Å². The van der Waals surface area contributed by atoms with Crippen molar-refractivity contribution >= 4 is 28.8 Å². The number of nitrogens with one attached hydrogen (secondary N) is 1. The molecular weight excluding hydrogens is 250 g/mol. The van der Waals surface area contributed by atoms with Gasteiger partial charge in [0.25, 0.3) is 0 Å². The van der Waals surface area contributed by atoms with Gasteiger partial charge in [-0.15, -0.1) is 0 Å². The molecule has 1 aliphatic rings. The number of benzene rings is 1. The van der Waals surface area contributed by atoms with E-state index in [2.05, 4.69) is 10.5 Å². The third-order valence-electron chi connectivity index (χ3n) is 2.76. The molecule has 0 radical (unpaired) electrons. The van der Waals surface area contributed by atoms with Crippen molar-refractivity contribution in [2.75, 3.05) is 5.43 Å². The number of aryl methyl sites for hydroxylation is 1. The Kier molecular flexibility index (Phi) is 3.63. The fourth-order valence-electron chi connectivity index (χ4n) is 1.46. The summed E-state index contributed by atoms with van der Waals surface area (Å²) < 4.78 is 0. The van der Waals surface area contributed by atoms with E-state index in [4.69, 9.17) is 16.9 Å². The minimum absolute atomic E-state index is 0.00759. The van der Waals surface area contributed by atoms with Gasteiger partial charge in [-0.2, -0.15) is 10.4 Å². The van der Waals surface area contributed by atoms with Crippen LogP contribution in [-0.4, -0.2) is 11.5 Å². The van der Waals surface area contributed by atoms with Crippen molar-refractivity contribution in [3.05, 3.63) is 28.8 Å². The first-order valence-electron chi connectivity index (χ1n) is 5.66. The first-order valence-corrected chi connectivity index (χ1v) is 6.04. The first kappa shape index (κ1) is 12.6. The molecule has 0 heterocycles. The Balaban J connectivity index is 2.10. The summed E-state index contributed by atoms with van der Waals surface area (Å²) in [6, 6.07) is 7.16. The molecule has 92 valence electrons. The van der Waals surface area contributed by atoms with Gasteiger partial charge in [-0.25, -0.2) is 0 Å². The Hall–Kier alpha value is -1.86. The maximum Gasteiger partial charge on any atom is 0.203 e. The number of carbonyl (C=O) groups is 1. The van der Waals surface area contributed by atoms with Gasteiger partial charge in [0.2, 0.25) is 5.71 Å². The van der Waals surface area contributed by atoms with Crippen LogP contribution in [0, 0.1) is 24.2 Å². The lowest BCUT2D eigenvalue weighted by molar-refractivity contribution is -0.113. The third kappa shape index (κ3) is 2.88. The first-order chi connectivity index (χ1) is 8.61. The second-order valence-corrected chi connectivity index (χ2v) is 4.69. The second kappa shape index (κ2) is 5.19. The maximum atomic E-state index is 11.7. The highest BCUT2D eigenvalue weighted by Gasteiger charge is 2.32. The van der Waals surface area contributed by atoms with E-state index in [9.17, 15) is 4.79 Å². The Labute approximate surface area is 110 Å². The highest BCUT2D eigenvalue weighted by molar-refractivity contribution is 6.47. The Bertz CT molecular complexity index is 556. The molecule has 18 heavy (non-hydrogen) atoms. The summed E-state index contributed by atoms with van der Waals surface area (Å²) in [4.78, 5) is 11.7. The van der Waals surface area contributed by atoms with Gasteiger partial charge in [0.15, 0.2) is 5.78 Å². The Morgan fingerprint density at radius 2 is 2.28 bits per heavy atom. The van der Waals surface area contributed by atoms with Gasteiger partial charge in [-0.05, 0) is 37.5 Å². The monoisotopic (exact) mass is 261 g/mol. The summed E-state index contributed by atoms with van der Waals surface area (Å²) in [6.45, 7) is 1.90. The average Bonchev–Trinajstić information content (AvgIpc) is 3.18. The lowest BCUT2D eigenvalue weighted by atomic mass is 10.2. The van der Waals surface area contributed by atoms with Crippen LogP contribution in [0.25, 0.3) is 0 Å². The Morgan fingerprint density at radius 1 is 1.56 bits per heavy atom. The molecule has 1 aromatic carbocycles. The molecular formula is C13H12ClN3O. The molecule has 0 aromatic heterocycles. The molecule has 4 nitrogen and oxygen atoms in total. The SMILES string of the molecule is Cc1ccc(N/N=C(\C#N)C(=O)C2CC2)cc1Cl. The predicted molar refractivity (Wildman–Crippen MR) is 70.6 cm³/mol. The molecule has 1 aromatic rings. The highest BCUT2D eigenvalue weighted by Crippen LogP contribution is 2.30. The summed E-state index contributed by atoms with van der Waals surface area (Å²) in [5.41, 5.74) is 4.23. The number of carbonyl (C=O) groups excluding carboxylic acids is 1. The molecule has 1 saturated carbocycles. The van der Waals surface area contributed by atoms with Gasteiger partial charge in [0, 0.05) is 10.9 Å². The molecule has 2 rings (SSSR count). The van der Waals surface area contributed by atoms with Gasteiger partial charge in [-0.1, -0.05) is 17.7 Å². The highest BCUT2D eigenvalue weighted by atomic mass is 35.5. The smallest absolute Gasteiger partial charge is 0.203 e. The molecule has 0 amide bonds. The number of hydrazone groups is 1. The molecule has 0 unspecified atom stereocenters. The summed E-state index contributed by atoms with van der Waals surface area (Å²) >= 11 is 5.97. The van der Waals surface area contributed by atoms with E-state index in [-0.39, 0.29) is 17.4 Å². The Morgan fingerprint density at radius 3 is 2.83 bits per heavy atom. The molecule has 0 atom stereocenters. The zero-order valence-corrected chi connectivity index (χ0v) is 10.7. The van der Waals surface area contributed by atoms with Crippen molar-refractivity contribution in [3.8, 4) is 6.07 Å². The van der Waals surface area contributed by atoms with Crippen molar-refractivity contribution < 1.29 is 4.79 Å². The van der Waals surface area contributed by atoms with Crippen LogP contribution in [0.15, 0.2) is 23.3 Å². The van der Waals surface area contributed by atoms with E-state index in [1.54, 1.807) is 12.1 Å². The van der Waals surface area contributed by atoms with Crippen molar-refractivity contribution in [1.29, 1.82) is 5.26 Å². The molecule has 1 fully saturated rings. The number of nitrogens with zero attached hydrogens (tertiary/aromatic N) is 2. The van der Waals surface area contributed by atoms with Crippen LogP contribution in [0.3, 0.4) is 0 Å². The summed E-state index contributed by atoms with van der Waals surface area (Å²) in [6.07, 6.45) is 1.71. The molecule has 1 aliphatic carbocycles. The van der Waals surface area contributed by atoms with E-state index >= 15 is 0 Å². The normalized spacial score (nSPS) is 15.1. The number of anilines is 1. The third-order valence-corrected chi connectivity index (χ3v) is 3.16. The largest absolute Gasteiger partial charge is 0.291 e. The van der Waals surface area contributed by atoms with Gasteiger partial charge < -0.3 is 0 Å². The van der Waals surface area contributed by atoms with Gasteiger partial charge >= 0.3 is 0 Å². The van der Waals surface area contributed by atoms with E-state index < -0.39 is 0 Å². The number of hydrogen-bond donors (Lipinski definition) is 1. The molecule has 0 spiro atoms. The molecule has 1 N–H and O–H groups in total. The standard InChI is InChI=1S/C13H12ClN3O/c1-8-2-5-10(6-11(8)14)16-17-12(7-15)13(18)9-3-4-9/h2,5-6,9,16H,3-4H2,1H3/b17-12+. The fourth-order valence-corrected chi connectivity index (χ4v) is 1.64. The molecule has 5 heteroatoms. The van der Waals surface area contributed by atoms with Gasteiger partial charge in [-0.3, -0.25) is 10.2 Å². The second-order valence-electron chi connectivity index (χ2n) is 4.29. The zero-order chi connectivity index (χ0) is 13.1. The van der Waals surface area contributed by atoms with Crippen LogP contribution < -0.4 is 5.43 Å². The van der Waals surface area contributed by atoms with Crippen molar-refractivity contribution in [3.63, 3.8) is 0 Å². The minimum atomic E-state index is -0.178. The maximum absolute atomic E-state index is 11.7. The van der Waals surface area contributed by atoms with Crippen LogP contribution in [0.4, 0.5) is 5.69 Å². The van der Waals surface area contributed by atoms with E-state index in [0.717, 1.165) is 18.4 Å². The quantitative estimate of drug-likeness (QED) is 0.669. The van der Waals surface area contributed by atoms with Crippen LogP contribution in [0.1, 0.15) is 18.4 Å². The number of halogens is 1. The van der Waals surface area contributed by atoms with Crippen molar-refractivity contribution in [2.24, 2.45) is 11.0 Å². The summed E-state index contributed by atoms with van der Waals surface area (Å²) in [7, 11) is 0. The topological polar surface area (TPSA) is 65.2 Å². The number of ketones is 1. The average molecular weight is 262 g/mol. The van der Waals surface area contributed by atoms with E-state index in [0.29, 0.717) is 10.7 Å². The molecule has 0 aliphatic heterocycles. The van der Waals surface area contributed by atoms with Crippen molar-refractivity contribution in [2.45, 2.75) is 19.8 Å². The number of rotatable bonds is 4. The van der Waals surface area contributed by atoms with Crippen LogP contribution in [-0.2, 0) is 4.79 Å².